The average Bonchev–Trinajstić information content (AvgIpc) is 3.11. The van der Waals surface area contributed by atoms with E-state index >= 15 is 0 Å². The summed E-state index contributed by atoms with van der Waals surface area (Å²) in [4.78, 5) is 24.5. The third kappa shape index (κ3) is 3.89. The van der Waals surface area contributed by atoms with E-state index in [1.807, 2.05) is 60.3 Å². The summed E-state index contributed by atoms with van der Waals surface area (Å²) in [7, 11) is 3.90. The number of fused-ring (bicyclic) bond motifs is 1. The van der Waals surface area contributed by atoms with Crippen molar-refractivity contribution in [1.29, 1.82) is 0 Å². The lowest BCUT2D eigenvalue weighted by Crippen LogP contribution is -2.25. The molecule has 1 aromatic heterocycles. The zero-order chi connectivity index (χ0) is 20.5. The molecule has 0 bridgehead atoms. The van der Waals surface area contributed by atoms with Gasteiger partial charge in [-0.15, -0.1) is 0 Å². The number of carbonyl (C=O) groups excluding carboxylic acids is 1. The number of nitrogens with one attached hydrogen (secondary N) is 1. The maximum atomic E-state index is 11.7. The van der Waals surface area contributed by atoms with Crippen molar-refractivity contribution in [1.82, 2.24) is 9.97 Å². The Kier molecular flexibility index (Phi) is 5.11. The van der Waals surface area contributed by atoms with E-state index in [9.17, 15) is 4.79 Å². The van der Waals surface area contributed by atoms with Crippen LogP contribution >= 0.6 is 11.6 Å². The Morgan fingerprint density at radius 1 is 1.17 bits per heavy atom. The number of hydrogen-bond donors (Lipinski definition) is 1. The minimum absolute atomic E-state index is 0.0731. The lowest BCUT2D eigenvalue weighted by molar-refractivity contribution is -0.116. The Balaban J connectivity index is 1.58. The fraction of sp³-hybridized carbons (Fsp3) is 0.227. The topological polar surface area (TPSA) is 61.4 Å². The first-order chi connectivity index (χ1) is 13.9. The SMILES string of the molecule is CC(=O)N1CCc2cc(-c3ccnc(Nc4ccc(N(C)C)c(Cl)c4)n3)ccc21. The van der Waals surface area contributed by atoms with Crippen LogP contribution in [0.25, 0.3) is 11.3 Å². The molecule has 1 amide bonds. The predicted octanol–water partition coefficient (Wildman–Crippen LogP) is 4.52. The van der Waals surface area contributed by atoms with Gasteiger partial charge in [0.25, 0.3) is 0 Å². The van der Waals surface area contributed by atoms with Gasteiger partial charge in [0.05, 0.1) is 16.4 Å². The van der Waals surface area contributed by atoms with Crippen LogP contribution < -0.4 is 15.1 Å². The van der Waals surface area contributed by atoms with Gasteiger partial charge in [0.2, 0.25) is 11.9 Å². The van der Waals surface area contributed by atoms with Gasteiger partial charge in [0.1, 0.15) is 0 Å². The quantitative estimate of drug-likeness (QED) is 0.689. The predicted molar refractivity (Wildman–Crippen MR) is 118 cm³/mol. The van der Waals surface area contributed by atoms with Crippen LogP contribution in [0.2, 0.25) is 5.02 Å². The highest BCUT2D eigenvalue weighted by Gasteiger charge is 2.22. The molecule has 2 aromatic carbocycles. The highest BCUT2D eigenvalue weighted by atomic mass is 35.5. The van der Waals surface area contributed by atoms with Crippen LogP contribution in [0.4, 0.5) is 23.0 Å². The fourth-order valence-electron chi connectivity index (χ4n) is 3.54. The number of benzene rings is 2. The molecule has 4 rings (SSSR count). The van der Waals surface area contributed by atoms with E-state index in [4.69, 9.17) is 11.6 Å². The molecule has 0 saturated heterocycles. The third-order valence-corrected chi connectivity index (χ3v) is 5.29. The number of rotatable bonds is 4. The molecule has 0 saturated carbocycles. The molecular weight excluding hydrogens is 386 g/mol. The summed E-state index contributed by atoms with van der Waals surface area (Å²) >= 11 is 6.36. The third-order valence-electron chi connectivity index (χ3n) is 4.99. The molecule has 0 atom stereocenters. The van der Waals surface area contributed by atoms with Crippen molar-refractivity contribution < 1.29 is 4.79 Å². The van der Waals surface area contributed by atoms with Crippen LogP contribution in [-0.4, -0.2) is 36.5 Å². The Labute approximate surface area is 175 Å². The second kappa shape index (κ2) is 7.72. The van der Waals surface area contributed by atoms with Crippen molar-refractivity contribution in [2.45, 2.75) is 13.3 Å². The van der Waals surface area contributed by atoms with Gasteiger partial charge in [-0.05, 0) is 48.4 Å². The van der Waals surface area contributed by atoms with Gasteiger partial charge in [-0.2, -0.15) is 0 Å². The molecule has 2 heterocycles. The standard InChI is InChI=1S/C22H22ClN5O/c1-14(29)28-11-9-16-12-15(4-6-20(16)28)19-8-10-24-22(26-19)25-17-5-7-21(27(2)3)18(23)13-17/h4-8,10,12-13H,9,11H2,1-3H3,(H,24,25,26). The summed E-state index contributed by atoms with van der Waals surface area (Å²) in [5, 5.41) is 3.87. The first kappa shape index (κ1) is 19.2. The van der Waals surface area contributed by atoms with E-state index in [0.717, 1.165) is 46.8 Å². The van der Waals surface area contributed by atoms with Crippen molar-refractivity contribution >= 4 is 40.5 Å². The lowest BCUT2D eigenvalue weighted by Gasteiger charge is -2.16. The van der Waals surface area contributed by atoms with Crippen LogP contribution in [0.5, 0.6) is 0 Å². The summed E-state index contributed by atoms with van der Waals surface area (Å²) in [5.74, 6) is 0.575. The Morgan fingerprint density at radius 3 is 2.72 bits per heavy atom. The molecule has 7 heteroatoms. The number of hydrogen-bond acceptors (Lipinski definition) is 5. The monoisotopic (exact) mass is 407 g/mol. The van der Waals surface area contributed by atoms with Gasteiger partial charge >= 0.3 is 0 Å². The molecule has 148 valence electrons. The number of amides is 1. The van der Waals surface area contributed by atoms with Gasteiger partial charge < -0.3 is 15.1 Å². The molecular formula is C22H22ClN5O. The molecule has 0 aliphatic carbocycles. The second-order valence-corrected chi connectivity index (χ2v) is 7.62. The minimum atomic E-state index is 0.0731. The van der Waals surface area contributed by atoms with E-state index in [-0.39, 0.29) is 5.91 Å². The fourth-order valence-corrected chi connectivity index (χ4v) is 3.89. The number of halogens is 1. The van der Waals surface area contributed by atoms with Gasteiger partial charge in [-0.3, -0.25) is 4.79 Å². The average molecular weight is 408 g/mol. The normalized spacial score (nSPS) is 12.6. The largest absolute Gasteiger partial charge is 0.376 e. The highest BCUT2D eigenvalue weighted by Crippen LogP contribution is 2.32. The molecule has 6 nitrogen and oxygen atoms in total. The molecule has 3 aromatic rings. The van der Waals surface area contributed by atoms with Gasteiger partial charge in [-0.25, -0.2) is 9.97 Å². The Bertz CT molecular complexity index is 1080. The van der Waals surface area contributed by atoms with E-state index < -0.39 is 0 Å². The smallest absolute Gasteiger partial charge is 0.227 e. The maximum absolute atomic E-state index is 11.7. The molecule has 29 heavy (non-hydrogen) atoms. The summed E-state index contributed by atoms with van der Waals surface area (Å²) in [6.07, 6.45) is 2.59. The van der Waals surface area contributed by atoms with Crippen LogP contribution in [0.15, 0.2) is 48.7 Å². The zero-order valence-electron chi connectivity index (χ0n) is 16.6. The Morgan fingerprint density at radius 2 is 2.00 bits per heavy atom. The van der Waals surface area contributed by atoms with Crippen LogP contribution in [0.1, 0.15) is 12.5 Å². The first-order valence-corrected chi connectivity index (χ1v) is 9.78. The van der Waals surface area contributed by atoms with Crippen LogP contribution in [0.3, 0.4) is 0 Å². The van der Waals surface area contributed by atoms with Crippen molar-refractivity contribution in [2.75, 3.05) is 35.8 Å². The van der Waals surface area contributed by atoms with Gasteiger partial charge in [0, 0.05) is 50.7 Å². The van der Waals surface area contributed by atoms with Gasteiger partial charge in [0.15, 0.2) is 0 Å². The zero-order valence-corrected chi connectivity index (χ0v) is 17.4. The van der Waals surface area contributed by atoms with Crippen molar-refractivity contribution in [3.05, 3.63) is 59.2 Å². The molecule has 1 aliphatic heterocycles. The van der Waals surface area contributed by atoms with Crippen molar-refractivity contribution in [3.63, 3.8) is 0 Å². The molecule has 0 fully saturated rings. The molecule has 0 radical (unpaired) electrons. The molecule has 1 N–H and O–H groups in total. The van der Waals surface area contributed by atoms with Gasteiger partial charge in [-0.1, -0.05) is 17.7 Å². The van der Waals surface area contributed by atoms with Crippen molar-refractivity contribution in [2.24, 2.45) is 0 Å². The highest BCUT2D eigenvalue weighted by molar-refractivity contribution is 6.33. The minimum Gasteiger partial charge on any atom is -0.376 e. The number of nitrogens with zero attached hydrogens (tertiary/aromatic N) is 4. The van der Waals surface area contributed by atoms with E-state index in [1.165, 1.54) is 0 Å². The maximum Gasteiger partial charge on any atom is 0.227 e. The Hall–Kier alpha value is -3.12. The first-order valence-electron chi connectivity index (χ1n) is 9.41. The molecule has 0 unspecified atom stereocenters. The number of aromatic nitrogens is 2. The number of carbonyl (C=O) groups is 1. The molecule has 0 spiro atoms. The molecule has 1 aliphatic rings. The number of anilines is 4. The van der Waals surface area contributed by atoms with Crippen LogP contribution in [0, 0.1) is 0 Å². The van der Waals surface area contributed by atoms with E-state index in [1.54, 1.807) is 13.1 Å². The lowest BCUT2D eigenvalue weighted by atomic mass is 10.1. The summed E-state index contributed by atoms with van der Waals surface area (Å²) in [6, 6.07) is 13.7. The van der Waals surface area contributed by atoms with E-state index in [0.29, 0.717) is 11.0 Å². The summed E-state index contributed by atoms with van der Waals surface area (Å²) < 4.78 is 0. The van der Waals surface area contributed by atoms with Crippen molar-refractivity contribution in [3.8, 4) is 11.3 Å². The van der Waals surface area contributed by atoms with E-state index in [2.05, 4.69) is 21.4 Å². The second-order valence-electron chi connectivity index (χ2n) is 7.22. The van der Waals surface area contributed by atoms with Crippen LogP contribution in [-0.2, 0) is 11.2 Å². The summed E-state index contributed by atoms with van der Waals surface area (Å²) in [5.41, 5.74) is 5.75. The summed E-state index contributed by atoms with van der Waals surface area (Å²) in [6.45, 7) is 2.33.